The number of halogens is 2. The third-order valence-electron chi connectivity index (χ3n) is 1.70. The molecule has 0 saturated carbocycles. The van der Waals surface area contributed by atoms with Gasteiger partial charge in [0.2, 0.25) is 0 Å². The molecule has 0 aromatic heterocycles. The van der Waals surface area contributed by atoms with Crippen molar-refractivity contribution in [1.29, 1.82) is 0 Å². The summed E-state index contributed by atoms with van der Waals surface area (Å²) < 4.78 is 12.9. The van der Waals surface area contributed by atoms with Crippen molar-refractivity contribution in [2.75, 3.05) is 0 Å². The van der Waals surface area contributed by atoms with Crippen molar-refractivity contribution in [2.45, 2.75) is 6.42 Å². The monoisotopic (exact) mass is 233 g/mol. The van der Waals surface area contributed by atoms with Crippen molar-refractivity contribution in [1.82, 2.24) is 0 Å². The van der Waals surface area contributed by atoms with Crippen molar-refractivity contribution in [3.63, 3.8) is 0 Å². The van der Waals surface area contributed by atoms with E-state index in [-0.39, 0.29) is 5.56 Å². The van der Waals surface area contributed by atoms with Crippen LogP contribution in [0.5, 0.6) is 0 Å². The molecule has 0 unspecified atom stereocenters. The molecular weight excluding hydrogens is 229 g/mol. The Bertz CT molecular complexity index is 435. The molecular formula is C8H5ClFNO4. The average Bonchev–Trinajstić information content (AvgIpc) is 2.12. The summed E-state index contributed by atoms with van der Waals surface area (Å²) in [6.07, 6.45) is -0.688. The predicted molar refractivity (Wildman–Crippen MR) is 49.4 cm³/mol. The van der Waals surface area contributed by atoms with Gasteiger partial charge in [0.15, 0.2) is 0 Å². The van der Waals surface area contributed by atoms with E-state index in [0.29, 0.717) is 0 Å². The summed E-state index contributed by atoms with van der Waals surface area (Å²) in [7, 11) is 0. The van der Waals surface area contributed by atoms with Crippen LogP contribution < -0.4 is 0 Å². The number of benzene rings is 1. The first-order chi connectivity index (χ1) is 6.93. The quantitative estimate of drug-likeness (QED) is 0.640. The largest absolute Gasteiger partial charge is 0.481 e. The Balaban J connectivity index is 3.34. The van der Waals surface area contributed by atoms with Crippen molar-refractivity contribution in [3.05, 3.63) is 38.7 Å². The molecule has 1 N–H and O–H groups in total. The van der Waals surface area contributed by atoms with E-state index >= 15 is 0 Å². The molecule has 0 aliphatic carbocycles. The second kappa shape index (κ2) is 4.22. The van der Waals surface area contributed by atoms with Crippen LogP contribution in [-0.2, 0) is 11.2 Å². The summed E-state index contributed by atoms with van der Waals surface area (Å²) in [6, 6.07) is 1.71. The Morgan fingerprint density at radius 3 is 2.67 bits per heavy atom. The molecule has 1 aromatic carbocycles. The molecule has 1 aromatic rings. The average molecular weight is 234 g/mol. The third-order valence-corrected chi connectivity index (χ3v) is 2.10. The first-order valence-corrected chi connectivity index (χ1v) is 4.14. The number of carboxylic acids is 1. The second-order valence-electron chi connectivity index (χ2n) is 2.69. The Morgan fingerprint density at radius 2 is 2.20 bits per heavy atom. The number of carbonyl (C=O) groups is 1. The van der Waals surface area contributed by atoms with Crippen LogP contribution in [0.4, 0.5) is 10.1 Å². The summed E-state index contributed by atoms with van der Waals surface area (Å²) >= 11 is 5.44. The fourth-order valence-corrected chi connectivity index (χ4v) is 1.30. The molecule has 0 fully saturated rings. The Hall–Kier alpha value is -1.69. The maximum atomic E-state index is 12.9. The zero-order valence-electron chi connectivity index (χ0n) is 7.24. The van der Waals surface area contributed by atoms with Crippen LogP contribution in [0.2, 0.25) is 5.02 Å². The summed E-state index contributed by atoms with van der Waals surface area (Å²) in [4.78, 5) is 20.1. The zero-order valence-corrected chi connectivity index (χ0v) is 7.99. The summed E-state index contributed by atoms with van der Waals surface area (Å²) in [5.41, 5.74) is -0.821. The van der Waals surface area contributed by atoms with Crippen LogP contribution in [0.15, 0.2) is 12.1 Å². The van der Waals surface area contributed by atoms with Crippen LogP contribution in [0.25, 0.3) is 0 Å². The minimum atomic E-state index is -1.31. The van der Waals surface area contributed by atoms with Gasteiger partial charge in [-0.3, -0.25) is 14.9 Å². The normalized spacial score (nSPS) is 10.0. The van der Waals surface area contributed by atoms with Crippen LogP contribution in [0, 0.1) is 15.9 Å². The minimum Gasteiger partial charge on any atom is -0.481 e. The van der Waals surface area contributed by atoms with Crippen molar-refractivity contribution >= 4 is 23.3 Å². The lowest BCUT2D eigenvalue weighted by atomic mass is 10.1. The molecule has 80 valence electrons. The molecule has 0 amide bonds. The number of hydrogen-bond donors (Lipinski definition) is 1. The molecule has 1 rings (SSSR count). The minimum absolute atomic E-state index is 0.325. The second-order valence-corrected chi connectivity index (χ2v) is 3.06. The lowest BCUT2D eigenvalue weighted by molar-refractivity contribution is -0.385. The van der Waals surface area contributed by atoms with E-state index in [2.05, 4.69) is 0 Å². The lowest BCUT2D eigenvalue weighted by Crippen LogP contribution is -2.05. The SMILES string of the molecule is O=C(O)Cc1c([N+](=O)[O-])ccc(F)c1Cl. The highest BCUT2D eigenvalue weighted by atomic mass is 35.5. The van der Waals surface area contributed by atoms with E-state index in [1.54, 1.807) is 0 Å². The van der Waals surface area contributed by atoms with Gasteiger partial charge in [-0.05, 0) is 6.07 Å². The summed E-state index contributed by atoms with van der Waals surface area (Å²) in [5, 5.41) is 18.5. The van der Waals surface area contributed by atoms with E-state index < -0.39 is 33.8 Å². The molecule has 0 spiro atoms. The highest BCUT2D eigenvalue weighted by molar-refractivity contribution is 6.32. The molecule has 0 atom stereocenters. The van der Waals surface area contributed by atoms with Gasteiger partial charge in [0, 0.05) is 6.07 Å². The number of nitrogens with zero attached hydrogens (tertiary/aromatic N) is 1. The molecule has 7 heteroatoms. The molecule has 0 bridgehead atoms. The van der Waals surface area contributed by atoms with E-state index in [1.807, 2.05) is 0 Å². The van der Waals surface area contributed by atoms with Crippen molar-refractivity contribution < 1.29 is 19.2 Å². The first-order valence-electron chi connectivity index (χ1n) is 3.76. The van der Waals surface area contributed by atoms with Gasteiger partial charge in [0.1, 0.15) is 5.82 Å². The van der Waals surface area contributed by atoms with E-state index in [4.69, 9.17) is 16.7 Å². The maximum Gasteiger partial charge on any atom is 0.308 e. The first kappa shape index (κ1) is 11.4. The van der Waals surface area contributed by atoms with Crippen molar-refractivity contribution in [2.24, 2.45) is 0 Å². The molecule has 0 aliphatic heterocycles. The smallest absolute Gasteiger partial charge is 0.308 e. The fourth-order valence-electron chi connectivity index (χ4n) is 1.07. The highest BCUT2D eigenvalue weighted by Gasteiger charge is 2.21. The van der Waals surface area contributed by atoms with Gasteiger partial charge < -0.3 is 5.11 Å². The highest BCUT2D eigenvalue weighted by Crippen LogP contribution is 2.29. The van der Waals surface area contributed by atoms with Gasteiger partial charge in [-0.2, -0.15) is 0 Å². The van der Waals surface area contributed by atoms with Crippen LogP contribution in [0.3, 0.4) is 0 Å². The topological polar surface area (TPSA) is 80.4 Å². The van der Waals surface area contributed by atoms with Gasteiger partial charge in [0.25, 0.3) is 5.69 Å². The molecule has 15 heavy (non-hydrogen) atoms. The van der Waals surface area contributed by atoms with E-state index in [1.165, 1.54) is 0 Å². The lowest BCUT2D eigenvalue weighted by Gasteiger charge is -2.03. The van der Waals surface area contributed by atoms with Gasteiger partial charge in [-0.25, -0.2) is 4.39 Å². The molecule has 0 radical (unpaired) electrons. The van der Waals surface area contributed by atoms with Gasteiger partial charge >= 0.3 is 5.97 Å². The standard InChI is InChI=1S/C8H5ClFNO4/c9-8-4(3-7(12)13)6(11(14)15)2-1-5(8)10/h1-2H,3H2,(H,12,13). The molecule has 0 aliphatic rings. The molecule has 0 saturated heterocycles. The third kappa shape index (κ3) is 2.41. The number of aliphatic carboxylic acids is 1. The number of nitro groups is 1. The van der Waals surface area contributed by atoms with Crippen molar-refractivity contribution in [3.8, 4) is 0 Å². The van der Waals surface area contributed by atoms with Crippen LogP contribution in [0.1, 0.15) is 5.56 Å². The maximum absolute atomic E-state index is 12.9. The predicted octanol–water partition coefficient (Wildman–Crippen LogP) is 2.01. The summed E-state index contributed by atoms with van der Waals surface area (Å²) in [6.45, 7) is 0. The molecule has 5 nitrogen and oxygen atoms in total. The number of carboxylic acid groups (broad SMARTS) is 1. The number of nitro benzene ring substituents is 1. The summed E-state index contributed by atoms with van der Waals surface area (Å²) in [5.74, 6) is -2.19. The molecule has 0 heterocycles. The Labute approximate surface area is 88.2 Å². The zero-order chi connectivity index (χ0) is 11.6. The van der Waals surface area contributed by atoms with E-state index in [0.717, 1.165) is 12.1 Å². The van der Waals surface area contributed by atoms with Gasteiger partial charge in [0.05, 0.1) is 21.9 Å². The number of hydrogen-bond acceptors (Lipinski definition) is 3. The Kier molecular flexibility index (Phi) is 3.21. The fraction of sp³-hybridized carbons (Fsp3) is 0.125. The number of rotatable bonds is 3. The van der Waals surface area contributed by atoms with Crippen LogP contribution in [-0.4, -0.2) is 16.0 Å². The van der Waals surface area contributed by atoms with Crippen LogP contribution >= 0.6 is 11.6 Å². The Morgan fingerprint density at radius 1 is 1.60 bits per heavy atom. The van der Waals surface area contributed by atoms with Gasteiger partial charge in [-0.1, -0.05) is 11.6 Å². The van der Waals surface area contributed by atoms with Gasteiger partial charge in [-0.15, -0.1) is 0 Å². The van der Waals surface area contributed by atoms with E-state index in [9.17, 15) is 19.3 Å².